The first kappa shape index (κ1) is 24.1. The lowest BCUT2D eigenvalue weighted by Crippen LogP contribution is -2.53. The molecule has 1 aromatic carbocycles. The number of amides is 1. The smallest absolute Gasteiger partial charge is 0.255 e. The van der Waals surface area contributed by atoms with Crippen LogP contribution in [0.2, 0.25) is 5.02 Å². The lowest BCUT2D eigenvalue weighted by molar-refractivity contribution is 0.0213. The lowest BCUT2D eigenvalue weighted by atomic mass is 9.85. The molecular formula is C26H28ClFN4O2. The number of carbonyl (C=O) groups is 1. The van der Waals surface area contributed by atoms with E-state index in [0.29, 0.717) is 17.0 Å². The summed E-state index contributed by atoms with van der Waals surface area (Å²) < 4.78 is 19.9. The fraction of sp³-hybridized carbons (Fsp3) is 0.385. The molecule has 8 heteroatoms. The number of aryl methyl sites for hydroxylation is 1. The maximum absolute atomic E-state index is 14.1. The van der Waals surface area contributed by atoms with E-state index in [1.54, 1.807) is 18.5 Å². The molecule has 34 heavy (non-hydrogen) atoms. The van der Waals surface area contributed by atoms with Crippen LogP contribution in [0.25, 0.3) is 11.4 Å². The molecule has 0 bridgehead atoms. The Labute approximate surface area is 204 Å². The Morgan fingerprint density at radius 2 is 1.97 bits per heavy atom. The molecule has 0 radical (unpaired) electrons. The maximum Gasteiger partial charge on any atom is 0.255 e. The monoisotopic (exact) mass is 482 g/mol. The van der Waals surface area contributed by atoms with Crippen molar-refractivity contribution in [1.29, 1.82) is 0 Å². The van der Waals surface area contributed by atoms with Gasteiger partial charge in [0.05, 0.1) is 17.2 Å². The predicted octanol–water partition coefficient (Wildman–Crippen LogP) is 5.74. The molecule has 2 aromatic heterocycles. The summed E-state index contributed by atoms with van der Waals surface area (Å²) >= 11 is 5.79. The molecule has 178 valence electrons. The molecule has 1 fully saturated rings. The number of rotatable bonds is 6. The number of nitrogens with zero attached hydrogens (tertiary/aromatic N) is 4. The van der Waals surface area contributed by atoms with Crippen molar-refractivity contribution in [3.63, 3.8) is 0 Å². The van der Waals surface area contributed by atoms with Gasteiger partial charge in [-0.05, 0) is 51.3 Å². The lowest BCUT2D eigenvalue weighted by Gasteiger charge is -2.45. The van der Waals surface area contributed by atoms with Gasteiger partial charge in [-0.3, -0.25) is 4.79 Å². The van der Waals surface area contributed by atoms with Gasteiger partial charge < -0.3 is 9.64 Å². The van der Waals surface area contributed by atoms with E-state index in [-0.39, 0.29) is 41.4 Å². The summed E-state index contributed by atoms with van der Waals surface area (Å²) in [6.45, 7) is 6.36. The summed E-state index contributed by atoms with van der Waals surface area (Å²) in [6, 6.07) is 8.71. The van der Waals surface area contributed by atoms with Crippen LogP contribution in [0.15, 0.2) is 48.9 Å². The first-order valence-corrected chi connectivity index (χ1v) is 11.9. The van der Waals surface area contributed by atoms with E-state index in [1.807, 2.05) is 36.9 Å². The van der Waals surface area contributed by atoms with E-state index in [9.17, 15) is 9.18 Å². The van der Waals surface area contributed by atoms with E-state index < -0.39 is 5.82 Å². The van der Waals surface area contributed by atoms with Gasteiger partial charge in [-0.1, -0.05) is 36.2 Å². The Balaban J connectivity index is 1.60. The zero-order valence-electron chi connectivity index (χ0n) is 19.5. The highest BCUT2D eigenvalue weighted by Gasteiger charge is 2.38. The molecule has 4 rings (SSSR count). The van der Waals surface area contributed by atoms with Gasteiger partial charge in [0.15, 0.2) is 11.6 Å². The zero-order chi connectivity index (χ0) is 24.2. The number of pyridine rings is 1. The van der Waals surface area contributed by atoms with Crippen molar-refractivity contribution < 1.29 is 13.9 Å². The van der Waals surface area contributed by atoms with Crippen molar-refractivity contribution in [2.24, 2.45) is 5.92 Å². The maximum atomic E-state index is 14.1. The van der Waals surface area contributed by atoms with Crippen LogP contribution < -0.4 is 4.74 Å². The second-order valence-corrected chi connectivity index (χ2v) is 9.16. The highest BCUT2D eigenvalue weighted by molar-refractivity contribution is 6.30. The van der Waals surface area contributed by atoms with Crippen molar-refractivity contribution in [1.82, 2.24) is 19.9 Å². The Morgan fingerprint density at radius 3 is 2.68 bits per heavy atom. The molecule has 3 heterocycles. The largest absolute Gasteiger partial charge is 0.475 e. The number of hydrogen-bond donors (Lipinski definition) is 0. The molecule has 1 amide bonds. The Morgan fingerprint density at radius 1 is 1.21 bits per heavy atom. The third-order valence-electron chi connectivity index (χ3n) is 6.51. The van der Waals surface area contributed by atoms with Gasteiger partial charge >= 0.3 is 0 Å². The van der Waals surface area contributed by atoms with Gasteiger partial charge in [0.1, 0.15) is 0 Å². The zero-order valence-corrected chi connectivity index (χ0v) is 20.3. The summed E-state index contributed by atoms with van der Waals surface area (Å²) in [6.07, 6.45) is 7.28. The standard InChI is InChI=1S/C26H28ClFN4O2/c1-4-20-8-7-18(15-34-25-23(28)13-19(27)14-31-25)17(3)32(20)26(33)22-12-16(2)6-9-21(22)24-29-10-5-11-30-24/h5-6,9-14,17-18,20H,4,7-8,15H2,1-3H3. The third-order valence-corrected chi connectivity index (χ3v) is 6.72. The van der Waals surface area contributed by atoms with Crippen molar-refractivity contribution in [2.75, 3.05) is 6.61 Å². The topological polar surface area (TPSA) is 68.2 Å². The van der Waals surface area contributed by atoms with E-state index >= 15 is 0 Å². The van der Waals surface area contributed by atoms with Crippen molar-refractivity contribution >= 4 is 17.5 Å². The molecule has 0 spiro atoms. The van der Waals surface area contributed by atoms with Crippen molar-refractivity contribution in [3.8, 4) is 17.3 Å². The Kier molecular flexibility index (Phi) is 7.41. The number of likely N-dealkylation sites (tertiary alicyclic amines) is 1. The molecule has 0 saturated carbocycles. The van der Waals surface area contributed by atoms with Crippen LogP contribution >= 0.6 is 11.6 Å². The SMILES string of the molecule is CCC1CCC(COc2ncc(Cl)cc2F)C(C)N1C(=O)c1cc(C)ccc1-c1ncccn1. The summed E-state index contributed by atoms with van der Waals surface area (Å²) in [4.78, 5) is 28.6. The minimum Gasteiger partial charge on any atom is -0.475 e. The molecule has 0 N–H and O–H groups in total. The van der Waals surface area contributed by atoms with Crippen LogP contribution in [0.4, 0.5) is 4.39 Å². The summed E-state index contributed by atoms with van der Waals surface area (Å²) in [5.41, 5.74) is 2.29. The molecule has 1 aliphatic rings. The van der Waals surface area contributed by atoms with Gasteiger partial charge in [-0.15, -0.1) is 0 Å². The normalized spacial score (nSPS) is 20.3. The first-order chi connectivity index (χ1) is 16.4. The molecule has 3 unspecified atom stereocenters. The minimum absolute atomic E-state index is 0.0323. The molecular weight excluding hydrogens is 455 g/mol. The highest BCUT2D eigenvalue weighted by Crippen LogP contribution is 2.34. The van der Waals surface area contributed by atoms with Gasteiger partial charge in [-0.25, -0.2) is 19.3 Å². The number of ether oxygens (including phenoxy) is 1. The Bertz CT molecular complexity index is 1160. The second-order valence-electron chi connectivity index (χ2n) is 8.73. The van der Waals surface area contributed by atoms with Crippen LogP contribution in [0.5, 0.6) is 5.88 Å². The summed E-state index contributed by atoms with van der Waals surface area (Å²) in [5.74, 6) is -0.166. The predicted molar refractivity (Wildman–Crippen MR) is 129 cm³/mol. The van der Waals surface area contributed by atoms with E-state index in [1.165, 1.54) is 12.3 Å². The van der Waals surface area contributed by atoms with Crippen molar-refractivity contribution in [3.05, 3.63) is 70.9 Å². The van der Waals surface area contributed by atoms with Crippen LogP contribution in [0.1, 0.15) is 49.0 Å². The third kappa shape index (κ3) is 5.04. The van der Waals surface area contributed by atoms with Gasteiger partial charge in [0.2, 0.25) is 5.88 Å². The molecule has 1 saturated heterocycles. The number of hydrogen-bond acceptors (Lipinski definition) is 5. The van der Waals surface area contributed by atoms with Crippen LogP contribution in [0, 0.1) is 18.7 Å². The molecule has 1 aliphatic heterocycles. The van der Waals surface area contributed by atoms with E-state index in [4.69, 9.17) is 16.3 Å². The fourth-order valence-corrected chi connectivity index (χ4v) is 4.77. The number of benzene rings is 1. The number of carbonyl (C=O) groups excluding carboxylic acids is 1. The molecule has 3 aromatic rings. The van der Waals surface area contributed by atoms with Gasteiger partial charge in [0.25, 0.3) is 5.91 Å². The number of piperidine rings is 1. The average Bonchev–Trinajstić information content (AvgIpc) is 2.84. The molecule has 3 atom stereocenters. The summed E-state index contributed by atoms with van der Waals surface area (Å²) in [5, 5.41) is 0.217. The van der Waals surface area contributed by atoms with Gasteiger partial charge in [-0.2, -0.15) is 0 Å². The average molecular weight is 483 g/mol. The highest BCUT2D eigenvalue weighted by atomic mass is 35.5. The second kappa shape index (κ2) is 10.5. The fourth-order valence-electron chi connectivity index (χ4n) is 4.62. The number of aromatic nitrogens is 3. The van der Waals surface area contributed by atoms with E-state index in [2.05, 4.69) is 21.9 Å². The van der Waals surface area contributed by atoms with Crippen LogP contribution in [0.3, 0.4) is 0 Å². The Hall–Kier alpha value is -3.06. The minimum atomic E-state index is -0.595. The first-order valence-electron chi connectivity index (χ1n) is 11.5. The van der Waals surface area contributed by atoms with Crippen LogP contribution in [-0.4, -0.2) is 44.4 Å². The molecule has 6 nitrogen and oxygen atoms in total. The molecule has 0 aliphatic carbocycles. The van der Waals surface area contributed by atoms with Gasteiger partial charge in [0, 0.05) is 42.2 Å². The summed E-state index contributed by atoms with van der Waals surface area (Å²) in [7, 11) is 0. The van der Waals surface area contributed by atoms with E-state index in [0.717, 1.165) is 24.8 Å². The van der Waals surface area contributed by atoms with Crippen molar-refractivity contribution in [2.45, 2.75) is 52.1 Å². The quantitative estimate of drug-likeness (QED) is 0.448. The van der Waals surface area contributed by atoms with Crippen LogP contribution in [-0.2, 0) is 0 Å². The number of halogens is 2.